The standard InChI is InChI=1S/C19H14ClF3N6/c20-12-2-1-6-29-15(12)8-14(27-29)18-17-13(25-10-26-17)5-7-28(18)16-4-3-11(9-24-16)19(21,22)23/h1-4,6,8-10,18H,5,7H2,(H,25,26)/t18-/m0/s1. The first-order chi connectivity index (χ1) is 13.9. The van der Waals surface area contributed by atoms with Gasteiger partial charge in [0.25, 0.3) is 0 Å². The van der Waals surface area contributed by atoms with E-state index in [0.29, 0.717) is 29.5 Å². The van der Waals surface area contributed by atoms with E-state index in [4.69, 9.17) is 11.6 Å². The molecule has 0 saturated carbocycles. The largest absolute Gasteiger partial charge is 0.417 e. The second kappa shape index (κ2) is 6.48. The summed E-state index contributed by atoms with van der Waals surface area (Å²) < 4.78 is 40.4. The highest BCUT2D eigenvalue weighted by Crippen LogP contribution is 2.37. The SMILES string of the molecule is FC(F)(F)c1ccc(N2CCc3[nH]cnc3[C@@H]2c2cc3c(Cl)cccn3n2)nc1. The van der Waals surface area contributed by atoms with Crippen molar-refractivity contribution in [3.05, 3.63) is 76.7 Å². The maximum Gasteiger partial charge on any atom is 0.417 e. The van der Waals surface area contributed by atoms with Crippen molar-refractivity contribution in [1.82, 2.24) is 24.6 Å². The highest BCUT2D eigenvalue weighted by Gasteiger charge is 2.35. The van der Waals surface area contributed by atoms with Crippen LogP contribution in [-0.2, 0) is 12.6 Å². The number of aromatic amines is 1. The van der Waals surface area contributed by atoms with Gasteiger partial charge in [-0.25, -0.2) is 14.5 Å². The molecule has 1 N–H and O–H groups in total. The molecule has 10 heteroatoms. The predicted molar refractivity (Wildman–Crippen MR) is 101 cm³/mol. The summed E-state index contributed by atoms with van der Waals surface area (Å²) in [5, 5.41) is 5.20. The van der Waals surface area contributed by atoms with E-state index in [0.717, 1.165) is 29.2 Å². The Hall–Kier alpha value is -3.07. The zero-order valence-corrected chi connectivity index (χ0v) is 15.6. The number of alkyl halides is 3. The van der Waals surface area contributed by atoms with Crippen molar-refractivity contribution >= 4 is 22.9 Å². The van der Waals surface area contributed by atoms with Gasteiger partial charge in [-0.05, 0) is 30.3 Å². The van der Waals surface area contributed by atoms with Gasteiger partial charge in [-0.3, -0.25) is 0 Å². The van der Waals surface area contributed by atoms with Crippen LogP contribution in [0.15, 0.2) is 49.1 Å². The number of hydrogen-bond donors (Lipinski definition) is 1. The van der Waals surface area contributed by atoms with Gasteiger partial charge < -0.3 is 9.88 Å². The van der Waals surface area contributed by atoms with E-state index in [1.807, 2.05) is 11.0 Å². The van der Waals surface area contributed by atoms with Crippen molar-refractivity contribution < 1.29 is 13.2 Å². The molecule has 1 atom stereocenters. The second-order valence-electron chi connectivity index (χ2n) is 6.77. The van der Waals surface area contributed by atoms with Crippen LogP contribution in [0.1, 0.15) is 28.7 Å². The molecule has 5 heterocycles. The van der Waals surface area contributed by atoms with Crippen molar-refractivity contribution in [3.8, 4) is 0 Å². The van der Waals surface area contributed by atoms with Crippen LogP contribution in [0.4, 0.5) is 19.0 Å². The number of pyridine rings is 2. The molecule has 1 aliphatic heterocycles. The molecule has 148 valence electrons. The average Bonchev–Trinajstić information content (AvgIpc) is 3.34. The van der Waals surface area contributed by atoms with Gasteiger partial charge in [0.2, 0.25) is 0 Å². The number of anilines is 1. The lowest BCUT2D eigenvalue weighted by Crippen LogP contribution is -2.37. The molecule has 4 aromatic rings. The molecule has 0 radical (unpaired) electrons. The molecule has 5 rings (SSSR count). The highest BCUT2D eigenvalue weighted by molar-refractivity contribution is 6.33. The fourth-order valence-electron chi connectivity index (χ4n) is 3.68. The van der Waals surface area contributed by atoms with E-state index in [1.54, 1.807) is 29.2 Å². The Morgan fingerprint density at radius 1 is 1.17 bits per heavy atom. The van der Waals surface area contributed by atoms with Crippen LogP contribution < -0.4 is 4.90 Å². The number of rotatable bonds is 2. The van der Waals surface area contributed by atoms with Crippen molar-refractivity contribution in [2.24, 2.45) is 0 Å². The van der Waals surface area contributed by atoms with Crippen molar-refractivity contribution in [2.45, 2.75) is 18.6 Å². The van der Waals surface area contributed by atoms with Gasteiger partial charge in [0.05, 0.1) is 33.8 Å². The van der Waals surface area contributed by atoms with E-state index >= 15 is 0 Å². The molecule has 0 amide bonds. The lowest BCUT2D eigenvalue weighted by Gasteiger charge is -2.34. The number of halogens is 4. The zero-order chi connectivity index (χ0) is 20.2. The molecule has 0 fully saturated rings. The Morgan fingerprint density at radius 3 is 2.76 bits per heavy atom. The topological polar surface area (TPSA) is 62.1 Å². The van der Waals surface area contributed by atoms with Crippen molar-refractivity contribution in [2.75, 3.05) is 11.4 Å². The lowest BCUT2D eigenvalue weighted by atomic mass is 9.99. The molecule has 6 nitrogen and oxygen atoms in total. The fraction of sp³-hybridized carbons (Fsp3) is 0.211. The molecular formula is C19H14ClF3N6. The quantitative estimate of drug-likeness (QED) is 0.528. The number of imidazole rings is 1. The molecule has 0 aromatic carbocycles. The first-order valence-electron chi connectivity index (χ1n) is 8.87. The third-order valence-corrected chi connectivity index (χ3v) is 5.36. The smallest absolute Gasteiger partial charge is 0.348 e. The molecule has 29 heavy (non-hydrogen) atoms. The molecular weight excluding hydrogens is 405 g/mol. The summed E-state index contributed by atoms with van der Waals surface area (Å²) >= 11 is 6.29. The first-order valence-corrected chi connectivity index (χ1v) is 9.25. The lowest BCUT2D eigenvalue weighted by molar-refractivity contribution is -0.137. The van der Waals surface area contributed by atoms with E-state index in [1.165, 1.54) is 6.07 Å². The molecule has 4 aromatic heterocycles. The minimum Gasteiger partial charge on any atom is -0.348 e. The first kappa shape index (κ1) is 18.0. The predicted octanol–water partition coefficient (Wildman–Crippen LogP) is 4.28. The Morgan fingerprint density at radius 2 is 2.03 bits per heavy atom. The van der Waals surface area contributed by atoms with Crippen LogP contribution in [0.25, 0.3) is 5.52 Å². The Kier molecular flexibility index (Phi) is 4.02. The maximum atomic E-state index is 12.9. The summed E-state index contributed by atoms with van der Waals surface area (Å²) in [5.74, 6) is 0.430. The number of aromatic nitrogens is 5. The van der Waals surface area contributed by atoms with Crippen LogP contribution in [0.5, 0.6) is 0 Å². The second-order valence-corrected chi connectivity index (χ2v) is 7.18. The van der Waals surface area contributed by atoms with Gasteiger partial charge in [-0.1, -0.05) is 11.6 Å². The van der Waals surface area contributed by atoms with E-state index < -0.39 is 17.8 Å². The van der Waals surface area contributed by atoms with Gasteiger partial charge >= 0.3 is 6.18 Å². The Bertz CT molecular complexity index is 1180. The number of hydrogen-bond acceptors (Lipinski definition) is 4. The minimum atomic E-state index is -4.43. The van der Waals surface area contributed by atoms with E-state index in [2.05, 4.69) is 20.1 Å². The zero-order valence-electron chi connectivity index (χ0n) is 14.9. The molecule has 0 bridgehead atoms. The van der Waals surface area contributed by atoms with Gasteiger partial charge in [0.1, 0.15) is 11.9 Å². The molecule has 0 aliphatic carbocycles. The summed E-state index contributed by atoms with van der Waals surface area (Å²) in [7, 11) is 0. The van der Waals surface area contributed by atoms with Crippen molar-refractivity contribution in [3.63, 3.8) is 0 Å². The third kappa shape index (κ3) is 3.02. The maximum absolute atomic E-state index is 12.9. The van der Waals surface area contributed by atoms with E-state index in [9.17, 15) is 13.2 Å². The monoisotopic (exact) mass is 418 g/mol. The molecule has 0 saturated heterocycles. The van der Waals surface area contributed by atoms with E-state index in [-0.39, 0.29) is 0 Å². The summed E-state index contributed by atoms with van der Waals surface area (Å²) in [6.45, 7) is 0.555. The Balaban J connectivity index is 1.61. The number of nitrogens with zero attached hydrogens (tertiary/aromatic N) is 5. The van der Waals surface area contributed by atoms with Crippen LogP contribution in [0, 0.1) is 0 Å². The molecule has 0 unspecified atom stereocenters. The van der Waals surface area contributed by atoms with Crippen LogP contribution >= 0.6 is 11.6 Å². The van der Waals surface area contributed by atoms with Crippen molar-refractivity contribution in [1.29, 1.82) is 0 Å². The normalized spacial score (nSPS) is 17.0. The number of fused-ring (bicyclic) bond motifs is 2. The highest BCUT2D eigenvalue weighted by atomic mass is 35.5. The Labute approximate surface area is 168 Å². The fourth-order valence-corrected chi connectivity index (χ4v) is 3.89. The molecule has 0 spiro atoms. The van der Waals surface area contributed by atoms with Gasteiger partial charge in [0.15, 0.2) is 0 Å². The number of nitrogens with one attached hydrogen (secondary N) is 1. The minimum absolute atomic E-state index is 0.398. The van der Waals surface area contributed by atoms with Gasteiger partial charge in [0, 0.05) is 31.1 Å². The van der Waals surface area contributed by atoms with Gasteiger partial charge in [-0.15, -0.1) is 0 Å². The average molecular weight is 419 g/mol. The molecule has 1 aliphatic rings. The van der Waals surface area contributed by atoms with Crippen LogP contribution in [-0.4, -0.2) is 31.1 Å². The number of H-pyrrole nitrogens is 1. The summed E-state index contributed by atoms with van der Waals surface area (Å²) in [4.78, 5) is 13.6. The summed E-state index contributed by atoms with van der Waals surface area (Å²) in [5.41, 5.74) is 2.40. The van der Waals surface area contributed by atoms with Gasteiger partial charge in [-0.2, -0.15) is 18.3 Å². The summed E-state index contributed by atoms with van der Waals surface area (Å²) in [6, 6.07) is 7.47. The van der Waals surface area contributed by atoms with Crippen LogP contribution in [0.2, 0.25) is 5.02 Å². The van der Waals surface area contributed by atoms with Crippen LogP contribution in [0.3, 0.4) is 0 Å². The third-order valence-electron chi connectivity index (χ3n) is 5.04. The summed E-state index contributed by atoms with van der Waals surface area (Å²) in [6.07, 6.45) is 0.500.